The lowest BCUT2D eigenvalue weighted by Gasteiger charge is -2.30. The van der Waals surface area contributed by atoms with Gasteiger partial charge in [-0.1, -0.05) is 48.0 Å². The summed E-state index contributed by atoms with van der Waals surface area (Å²) in [5.41, 5.74) is 1.51. The summed E-state index contributed by atoms with van der Waals surface area (Å²) in [6.07, 6.45) is -5.28. The van der Waals surface area contributed by atoms with Crippen molar-refractivity contribution in [1.29, 1.82) is 0 Å². The Morgan fingerprint density at radius 3 is 2.17 bits per heavy atom. The number of rotatable bonds is 9. The fraction of sp³-hybridized carbons (Fsp3) is 0.233. The number of alkyl halides is 3. The molecule has 11 heteroatoms. The third kappa shape index (κ3) is 6.96. The zero-order valence-corrected chi connectivity index (χ0v) is 23.1. The maximum absolute atomic E-state index is 13.2. The second-order valence-corrected chi connectivity index (χ2v) is 10.4. The van der Waals surface area contributed by atoms with Gasteiger partial charge in [0.05, 0.1) is 22.5 Å². The second-order valence-electron chi connectivity index (χ2n) is 9.93. The standard InChI is InChI=1S/C30H27ClF3N3O4/c1-17-24(19-8-12-22(13-9-19)30(32,33)34)36-37-25(17)26(20-10-14-23(31)15-11-20)41-29(2,3)28(40)35-16-18-4-6-21(7-5-18)27(38)39/h4-15,26H,16H2,1-3H3,(H,35,40)(H,36,37)(H,38,39). The average molecular weight is 586 g/mol. The average Bonchev–Trinajstić information content (AvgIpc) is 3.31. The molecule has 0 fully saturated rings. The molecule has 7 nitrogen and oxygen atoms in total. The first kappa shape index (κ1) is 29.8. The predicted molar refractivity (Wildman–Crippen MR) is 147 cm³/mol. The van der Waals surface area contributed by atoms with Gasteiger partial charge in [0.15, 0.2) is 0 Å². The molecule has 3 aromatic carbocycles. The number of carbonyl (C=O) groups excluding carboxylic acids is 1. The Kier molecular flexibility index (Phi) is 8.55. The van der Waals surface area contributed by atoms with Gasteiger partial charge in [-0.2, -0.15) is 18.3 Å². The normalized spacial score (nSPS) is 12.7. The van der Waals surface area contributed by atoms with Crippen molar-refractivity contribution >= 4 is 23.5 Å². The minimum atomic E-state index is -4.45. The molecule has 0 aliphatic carbocycles. The van der Waals surface area contributed by atoms with Gasteiger partial charge in [-0.3, -0.25) is 9.89 Å². The van der Waals surface area contributed by atoms with E-state index in [4.69, 9.17) is 21.4 Å². The van der Waals surface area contributed by atoms with Crippen molar-refractivity contribution in [2.45, 2.75) is 45.2 Å². The first-order chi connectivity index (χ1) is 19.3. The Hall–Kier alpha value is -4.15. The van der Waals surface area contributed by atoms with E-state index in [-0.39, 0.29) is 12.1 Å². The summed E-state index contributed by atoms with van der Waals surface area (Å²) in [6.45, 7) is 5.14. The highest BCUT2D eigenvalue weighted by molar-refractivity contribution is 6.30. The fourth-order valence-corrected chi connectivity index (χ4v) is 4.33. The van der Waals surface area contributed by atoms with Gasteiger partial charge < -0.3 is 15.2 Å². The number of carboxylic acids is 1. The zero-order valence-electron chi connectivity index (χ0n) is 22.3. The van der Waals surface area contributed by atoms with Crippen LogP contribution in [0.2, 0.25) is 5.02 Å². The monoisotopic (exact) mass is 585 g/mol. The number of amides is 1. The van der Waals surface area contributed by atoms with E-state index >= 15 is 0 Å². The molecule has 1 amide bonds. The number of nitrogens with one attached hydrogen (secondary N) is 2. The molecule has 0 spiro atoms. The summed E-state index contributed by atoms with van der Waals surface area (Å²) < 4.78 is 45.5. The summed E-state index contributed by atoms with van der Waals surface area (Å²) in [5.74, 6) is -1.46. The molecule has 0 saturated heterocycles. The van der Waals surface area contributed by atoms with E-state index < -0.39 is 35.3 Å². The maximum atomic E-state index is 13.2. The highest BCUT2D eigenvalue weighted by Gasteiger charge is 2.35. The molecule has 1 aromatic heterocycles. The number of halogens is 4. The maximum Gasteiger partial charge on any atom is 0.416 e. The molecule has 0 bridgehead atoms. The first-order valence-corrected chi connectivity index (χ1v) is 12.9. The van der Waals surface area contributed by atoms with Crippen LogP contribution in [0.25, 0.3) is 11.3 Å². The fourth-order valence-electron chi connectivity index (χ4n) is 4.20. The van der Waals surface area contributed by atoms with Gasteiger partial charge in [-0.05, 0) is 73.9 Å². The highest BCUT2D eigenvalue weighted by Crippen LogP contribution is 2.36. The SMILES string of the molecule is Cc1c(C(OC(C)(C)C(=O)NCc2ccc(C(=O)O)cc2)c2ccc(Cl)cc2)n[nH]c1-c1ccc(C(F)(F)F)cc1. The molecule has 41 heavy (non-hydrogen) atoms. The molecule has 0 saturated carbocycles. The third-order valence-electron chi connectivity index (χ3n) is 6.58. The molecule has 214 valence electrons. The lowest BCUT2D eigenvalue weighted by Crippen LogP contribution is -2.45. The van der Waals surface area contributed by atoms with Gasteiger partial charge in [-0.15, -0.1) is 0 Å². The number of ether oxygens (including phenoxy) is 1. The predicted octanol–water partition coefficient (Wildman–Crippen LogP) is 6.96. The molecule has 4 aromatic rings. The van der Waals surface area contributed by atoms with Crippen molar-refractivity contribution in [3.63, 3.8) is 0 Å². The third-order valence-corrected chi connectivity index (χ3v) is 6.83. The van der Waals surface area contributed by atoms with Crippen molar-refractivity contribution in [3.8, 4) is 11.3 Å². The van der Waals surface area contributed by atoms with Crippen molar-refractivity contribution in [2.24, 2.45) is 0 Å². The topological polar surface area (TPSA) is 104 Å². The number of hydrogen-bond acceptors (Lipinski definition) is 4. The molecular formula is C30H27ClF3N3O4. The van der Waals surface area contributed by atoms with Crippen LogP contribution in [-0.2, 0) is 22.3 Å². The van der Waals surface area contributed by atoms with E-state index in [2.05, 4.69) is 15.5 Å². The van der Waals surface area contributed by atoms with Crippen LogP contribution in [0.4, 0.5) is 13.2 Å². The molecule has 1 atom stereocenters. The van der Waals surface area contributed by atoms with Crippen LogP contribution >= 0.6 is 11.6 Å². The number of carbonyl (C=O) groups is 2. The van der Waals surface area contributed by atoms with Gasteiger partial charge in [0.1, 0.15) is 11.7 Å². The van der Waals surface area contributed by atoms with Crippen LogP contribution in [0.15, 0.2) is 72.8 Å². The van der Waals surface area contributed by atoms with Gasteiger partial charge >= 0.3 is 12.1 Å². The summed E-state index contributed by atoms with van der Waals surface area (Å²) in [6, 6.07) is 17.7. The van der Waals surface area contributed by atoms with Gasteiger partial charge in [-0.25, -0.2) is 4.79 Å². The molecule has 4 rings (SSSR count). The van der Waals surface area contributed by atoms with Crippen LogP contribution in [0, 0.1) is 6.92 Å². The lowest BCUT2D eigenvalue weighted by molar-refractivity contribution is -0.148. The molecule has 1 heterocycles. The number of hydrogen-bond donors (Lipinski definition) is 3. The van der Waals surface area contributed by atoms with Gasteiger partial charge in [0, 0.05) is 17.1 Å². The molecule has 0 aliphatic heterocycles. The zero-order chi connectivity index (χ0) is 29.9. The molecule has 0 radical (unpaired) electrons. The minimum Gasteiger partial charge on any atom is -0.478 e. The Labute approximate surface area is 239 Å². The van der Waals surface area contributed by atoms with E-state index in [0.29, 0.717) is 38.7 Å². The smallest absolute Gasteiger partial charge is 0.416 e. The summed E-state index contributed by atoms with van der Waals surface area (Å²) >= 11 is 6.09. The number of carboxylic acid groups (broad SMARTS) is 1. The highest BCUT2D eigenvalue weighted by atomic mass is 35.5. The first-order valence-electron chi connectivity index (χ1n) is 12.5. The van der Waals surface area contributed by atoms with E-state index in [1.807, 2.05) is 0 Å². The van der Waals surface area contributed by atoms with Crippen LogP contribution in [0.3, 0.4) is 0 Å². The Bertz CT molecular complexity index is 1530. The Morgan fingerprint density at radius 1 is 1.00 bits per heavy atom. The molecule has 3 N–H and O–H groups in total. The van der Waals surface area contributed by atoms with E-state index in [1.54, 1.807) is 57.2 Å². The summed E-state index contributed by atoms with van der Waals surface area (Å²) in [4.78, 5) is 24.3. The number of aromatic carboxylic acids is 1. The Morgan fingerprint density at radius 2 is 1.61 bits per heavy atom. The van der Waals surface area contributed by atoms with E-state index in [0.717, 1.165) is 12.1 Å². The number of aromatic amines is 1. The minimum absolute atomic E-state index is 0.139. The van der Waals surface area contributed by atoms with E-state index in [1.165, 1.54) is 24.3 Å². The van der Waals surface area contributed by atoms with Crippen molar-refractivity contribution in [1.82, 2.24) is 15.5 Å². The van der Waals surface area contributed by atoms with Crippen molar-refractivity contribution in [2.75, 3.05) is 0 Å². The molecular weight excluding hydrogens is 559 g/mol. The molecule has 1 unspecified atom stereocenters. The summed E-state index contributed by atoms with van der Waals surface area (Å²) in [5, 5.41) is 19.7. The van der Waals surface area contributed by atoms with Crippen molar-refractivity contribution in [3.05, 3.63) is 111 Å². The number of nitrogens with zero attached hydrogens (tertiary/aromatic N) is 1. The quantitative estimate of drug-likeness (QED) is 0.197. The van der Waals surface area contributed by atoms with Crippen LogP contribution in [0.1, 0.15) is 58.3 Å². The van der Waals surface area contributed by atoms with E-state index in [9.17, 15) is 22.8 Å². The number of H-pyrrole nitrogens is 1. The van der Waals surface area contributed by atoms with Gasteiger partial charge in [0.25, 0.3) is 5.91 Å². The lowest BCUT2D eigenvalue weighted by atomic mass is 9.98. The second kappa shape index (κ2) is 11.8. The largest absolute Gasteiger partial charge is 0.478 e. The van der Waals surface area contributed by atoms with Crippen molar-refractivity contribution < 1.29 is 32.6 Å². The van der Waals surface area contributed by atoms with Gasteiger partial charge in [0.2, 0.25) is 0 Å². The van der Waals surface area contributed by atoms with Crippen LogP contribution in [0.5, 0.6) is 0 Å². The number of aromatic nitrogens is 2. The molecule has 0 aliphatic rings. The van der Waals surface area contributed by atoms with Crippen LogP contribution < -0.4 is 5.32 Å². The Balaban J connectivity index is 1.59. The van der Waals surface area contributed by atoms with Crippen LogP contribution in [-0.4, -0.2) is 32.8 Å². The summed E-state index contributed by atoms with van der Waals surface area (Å²) in [7, 11) is 0. The number of benzene rings is 3.